The molecule has 0 bridgehead atoms. The highest BCUT2D eigenvalue weighted by molar-refractivity contribution is 7.89. The van der Waals surface area contributed by atoms with E-state index in [1.54, 1.807) is 28.6 Å². The van der Waals surface area contributed by atoms with Crippen LogP contribution < -0.4 is 5.73 Å². The van der Waals surface area contributed by atoms with Crippen molar-refractivity contribution in [2.45, 2.75) is 30.2 Å². The van der Waals surface area contributed by atoms with Crippen molar-refractivity contribution in [1.82, 2.24) is 9.21 Å². The Morgan fingerprint density at radius 3 is 2.81 bits per heavy atom. The molecule has 6 heteroatoms. The normalized spacial score (nSPS) is 28.2. The molecule has 0 aliphatic carbocycles. The number of sulfonamides is 1. The van der Waals surface area contributed by atoms with Gasteiger partial charge in [0.15, 0.2) is 0 Å². The molecule has 21 heavy (non-hydrogen) atoms. The summed E-state index contributed by atoms with van der Waals surface area (Å²) in [4.78, 5) is 2.70. The summed E-state index contributed by atoms with van der Waals surface area (Å²) in [5.41, 5.74) is 6.21. The first-order chi connectivity index (χ1) is 9.98. The van der Waals surface area contributed by atoms with Crippen LogP contribution in [-0.4, -0.2) is 50.3 Å². The van der Waals surface area contributed by atoms with Crippen molar-refractivity contribution in [3.05, 3.63) is 24.3 Å². The van der Waals surface area contributed by atoms with Crippen LogP contribution in [0.2, 0.25) is 0 Å². The molecule has 1 aromatic carbocycles. The van der Waals surface area contributed by atoms with Crippen molar-refractivity contribution >= 4 is 15.7 Å². The molecule has 0 amide bonds. The highest BCUT2D eigenvalue weighted by Crippen LogP contribution is 2.32. The van der Waals surface area contributed by atoms with Crippen LogP contribution in [0.25, 0.3) is 0 Å². The minimum absolute atomic E-state index is 0.310. The Morgan fingerprint density at radius 2 is 2.05 bits per heavy atom. The number of fused-ring (bicyclic) bond motifs is 1. The SMILES string of the molecule is CN1CCCC2CN(S(=O)(=O)c3cccc(N)c3)CCC21. The minimum Gasteiger partial charge on any atom is -0.399 e. The van der Waals surface area contributed by atoms with Gasteiger partial charge in [-0.3, -0.25) is 0 Å². The molecule has 3 rings (SSSR count). The van der Waals surface area contributed by atoms with E-state index in [1.807, 2.05) is 0 Å². The molecule has 1 aromatic rings. The van der Waals surface area contributed by atoms with Crippen LogP contribution in [0.5, 0.6) is 0 Å². The Kier molecular flexibility index (Phi) is 3.94. The number of nitrogens with two attached hydrogens (primary N) is 1. The zero-order valence-corrected chi connectivity index (χ0v) is 13.2. The standard InChI is InChI=1S/C15H23N3O2S/c1-17-8-3-4-12-11-18(9-7-15(12)17)21(19,20)14-6-2-5-13(16)10-14/h2,5-6,10,12,15H,3-4,7-9,11,16H2,1H3. The van der Waals surface area contributed by atoms with Crippen LogP contribution in [0.1, 0.15) is 19.3 Å². The second-order valence-corrected chi connectivity index (χ2v) is 8.11. The molecule has 2 N–H and O–H groups in total. The molecule has 2 heterocycles. The molecule has 5 nitrogen and oxygen atoms in total. The van der Waals surface area contributed by atoms with E-state index in [0.29, 0.717) is 35.6 Å². The van der Waals surface area contributed by atoms with Gasteiger partial charge in [0.05, 0.1) is 4.90 Å². The van der Waals surface area contributed by atoms with Gasteiger partial charge in [-0.15, -0.1) is 0 Å². The van der Waals surface area contributed by atoms with E-state index in [1.165, 1.54) is 0 Å². The average Bonchev–Trinajstić information content (AvgIpc) is 2.47. The fraction of sp³-hybridized carbons (Fsp3) is 0.600. The van der Waals surface area contributed by atoms with E-state index >= 15 is 0 Å². The number of piperidine rings is 2. The molecule has 2 unspecified atom stereocenters. The first kappa shape index (κ1) is 14.8. The lowest BCUT2D eigenvalue weighted by molar-refractivity contribution is 0.0671. The highest BCUT2D eigenvalue weighted by Gasteiger charge is 2.38. The number of anilines is 1. The van der Waals surface area contributed by atoms with Crippen molar-refractivity contribution in [2.75, 3.05) is 32.4 Å². The maximum atomic E-state index is 12.8. The topological polar surface area (TPSA) is 66.6 Å². The molecule has 2 fully saturated rings. The summed E-state index contributed by atoms with van der Waals surface area (Å²) < 4.78 is 27.1. The Balaban J connectivity index is 1.81. The number of rotatable bonds is 2. The first-order valence-corrected chi connectivity index (χ1v) is 8.98. The van der Waals surface area contributed by atoms with Gasteiger partial charge in [-0.05, 0) is 57.0 Å². The summed E-state index contributed by atoms with van der Waals surface area (Å²) in [5.74, 6) is 0.452. The Bertz CT molecular complexity index is 617. The van der Waals surface area contributed by atoms with Gasteiger partial charge in [-0.2, -0.15) is 4.31 Å². The largest absolute Gasteiger partial charge is 0.399 e. The van der Waals surface area contributed by atoms with Crippen LogP contribution in [0, 0.1) is 5.92 Å². The summed E-state index contributed by atoms with van der Waals surface area (Å²) in [7, 11) is -1.27. The Morgan fingerprint density at radius 1 is 1.24 bits per heavy atom. The van der Waals surface area contributed by atoms with Gasteiger partial charge in [0.2, 0.25) is 10.0 Å². The molecule has 0 radical (unpaired) electrons. The fourth-order valence-electron chi connectivity index (χ4n) is 3.66. The van der Waals surface area contributed by atoms with E-state index < -0.39 is 10.0 Å². The van der Waals surface area contributed by atoms with E-state index in [0.717, 1.165) is 25.8 Å². The third kappa shape index (κ3) is 2.80. The smallest absolute Gasteiger partial charge is 0.243 e. The molecular weight excluding hydrogens is 286 g/mol. The summed E-state index contributed by atoms with van der Waals surface area (Å²) in [6.45, 7) is 2.36. The predicted molar refractivity (Wildman–Crippen MR) is 83.4 cm³/mol. The number of nitrogens with zero attached hydrogens (tertiary/aromatic N) is 2. The maximum absolute atomic E-state index is 12.8. The molecule has 0 saturated carbocycles. The predicted octanol–water partition coefficient (Wildman–Crippen LogP) is 1.37. The lowest BCUT2D eigenvalue weighted by Crippen LogP contribution is -2.53. The second kappa shape index (κ2) is 5.59. The Hall–Kier alpha value is -1.11. The van der Waals surface area contributed by atoms with Crippen LogP contribution in [0.15, 0.2) is 29.2 Å². The molecular formula is C15H23N3O2S. The third-order valence-electron chi connectivity index (χ3n) is 4.80. The average molecular weight is 309 g/mol. The highest BCUT2D eigenvalue weighted by atomic mass is 32.2. The van der Waals surface area contributed by atoms with Gasteiger partial charge in [0, 0.05) is 24.8 Å². The molecule has 2 saturated heterocycles. The lowest BCUT2D eigenvalue weighted by Gasteiger charge is -2.45. The van der Waals surface area contributed by atoms with E-state index in [2.05, 4.69) is 11.9 Å². The van der Waals surface area contributed by atoms with Crippen LogP contribution in [0.4, 0.5) is 5.69 Å². The first-order valence-electron chi connectivity index (χ1n) is 7.54. The van der Waals surface area contributed by atoms with Crippen molar-refractivity contribution < 1.29 is 8.42 Å². The van der Waals surface area contributed by atoms with Gasteiger partial charge >= 0.3 is 0 Å². The quantitative estimate of drug-likeness (QED) is 0.838. The van der Waals surface area contributed by atoms with Gasteiger partial charge in [-0.25, -0.2) is 8.42 Å². The molecule has 2 aliphatic rings. The van der Waals surface area contributed by atoms with Crippen LogP contribution in [-0.2, 0) is 10.0 Å². The number of hydrogen-bond donors (Lipinski definition) is 1. The fourth-order valence-corrected chi connectivity index (χ4v) is 5.23. The summed E-state index contributed by atoms with van der Waals surface area (Å²) in [5, 5.41) is 0. The van der Waals surface area contributed by atoms with Crippen molar-refractivity contribution in [2.24, 2.45) is 5.92 Å². The summed E-state index contributed by atoms with van der Waals surface area (Å²) >= 11 is 0. The monoisotopic (exact) mass is 309 g/mol. The number of likely N-dealkylation sites (tertiary alicyclic amines) is 1. The number of hydrogen-bond acceptors (Lipinski definition) is 4. The maximum Gasteiger partial charge on any atom is 0.243 e. The van der Waals surface area contributed by atoms with Crippen LogP contribution >= 0.6 is 0 Å². The summed E-state index contributed by atoms with van der Waals surface area (Å²) in [6.07, 6.45) is 3.20. The second-order valence-electron chi connectivity index (χ2n) is 6.17. The molecule has 0 aromatic heterocycles. The molecule has 0 spiro atoms. The molecule has 2 aliphatic heterocycles. The summed E-state index contributed by atoms with van der Waals surface area (Å²) in [6, 6.07) is 7.12. The van der Waals surface area contributed by atoms with Crippen molar-refractivity contribution in [1.29, 1.82) is 0 Å². The van der Waals surface area contributed by atoms with Gasteiger partial charge in [0.25, 0.3) is 0 Å². The van der Waals surface area contributed by atoms with Gasteiger partial charge in [0.1, 0.15) is 0 Å². The van der Waals surface area contributed by atoms with Crippen molar-refractivity contribution in [3.8, 4) is 0 Å². The number of nitrogen functional groups attached to an aromatic ring is 1. The molecule has 116 valence electrons. The van der Waals surface area contributed by atoms with Crippen LogP contribution in [0.3, 0.4) is 0 Å². The van der Waals surface area contributed by atoms with Gasteiger partial charge in [-0.1, -0.05) is 6.07 Å². The van der Waals surface area contributed by atoms with E-state index in [9.17, 15) is 8.42 Å². The zero-order valence-electron chi connectivity index (χ0n) is 12.4. The molecule has 2 atom stereocenters. The Labute approximate surface area is 126 Å². The van der Waals surface area contributed by atoms with E-state index in [4.69, 9.17) is 5.73 Å². The van der Waals surface area contributed by atoms with Gasteiger partial charge < -0.3 is 10.6 Å². The lowest BCUT2D eigenvalue weighted by atomic mass is 9.85. The number of benzene rings is 1. The minimum atomic E-state index is -3.42. The van der Waals surface area contributed by atoms with Crippen molar-refractivity contribution in [3.63, 3.8) is 0 Å². The zero-order chi connectivity index (χ0) is 15.0. The van der Waals surface area contributed by atoms with E-state index in [-0.39, 0.29) is 0 Å². The third-order valence-corrected chi connectivity index (χ3v) is 6.67.